The first-order valence-electron chi connectivity index (χ1n) is 25.1. The van der Waals surface area contributed by atoms with Crippen LogP contribution in [0.25, 0.3) is 0 Å². The van der Waals surface area contributed by atoms with E-state index in [1.807, 2.05) is 0 Å². The van der Waals surface area contributed by atoms with E-state index in [1.54, 1.807) is 0 Å². The molecule has 0 saturated carbocycles. The Hall–Kier alpha value is -3.41. The highest BCUT2D eigenvalue weighted by Gasteiger charge is 2.19. The maximum Gasteiger partial charge on any atom is 0.306 e. The number of hydrogen-bond acceptors (Lipinski definition) is 6. The van der Waals surface area contributed by atoms with Crippen molar-refractivity contribution in [2.75, 3.05) is 13.2 Å². The molecule has 0 aliphatic heterocycles. The van der Waals surface area contributed by atoms with E-state index >= 15 is 0 Å². The van der Waals surface area contributed by atoms with E-state index in [0.29, 0.717) is 19.3 Å². The van der Waals surface area contributed by atoms with Crippen LogP contribution in [0.4, 0.5) is 0 Å². The molecule has 6 nitrogen and oxygen atoms in total. The summed E-state index contributed by atoms with van der Waals surface area (Å²) in [5.74, 6) is -0.966. The molecule has 0 aromatic carbocycles. The SMILES string of the molecule is CC/C=C\C/C=C\C/C=C\C/C=C\C/C=C\C/C=C\C/C=C\CCCC(=O)OCC(COC(=O)CCCCCCCC)OC(=O)CCCCCCCCCCCCCCCC. The quantitative estimate of drug-likeness (QED) is 0.0263. The van der Waals surface area contributed by atoms with Gasteiger partial charge in [0.2, 0.25) is 0 Å². The molecule has 0 fully saturated rings. The molecular formula is C55H92O6. The van der Waals surface area contributed by atoms with Gasteiger partial charge in [0.05, 0.1) is 0 Å². The van der Waals surface area contributed by atoms with Crippen LogP contribution in [0.2, 0.25) is 0 Å². The summed E-state index contributed by atoms with van der Waals surface area (Å²) in [6, 6.07) is 0. The van der Waals surface area contributed by atoms with E-state index in [2.05, 4.69) is 106 Å². The Morgan fingerprint density at radius 3 is 1.00 bits per heavy atom. The molecule has 1 unspecified atom stereocenters. The van der Waals surface area contributed by atoms with Crippen LogP contribution in [0.1, 0.15) is 226 Å². The summed E-state index contributed by atoms with van der Waals surface area (Å²) in [6.45, 7) is 6.41. The van der Waals surface area contributed by atoms with Crippen LogP contribution in [-0.2, 0) is 28.6 Å². The van der Waals surface area contributed by atoms with Crippen molar-refractivity contribution in [1.82, 2.24) is 0 Å². The summed E-state index contributed by atoms with van der Waals surface area (Å²) in [5, 5.41) is 0. The lowest BCUT2D eigenvalue weighted by molar-refractivity contribution is -0.167. The molecule has 0 aliphatic carbocycles. The number of unbranched alkanes of at least 4 members (excludes halogenated alkanes) is 19. The summed E-state index contributed by atoms with van der Waals surface area (Å²) >= 11 is 0. The lowest BCUT2D eigenvalue weighted by Crippen LogP contribution is -2.30. The molecule has 0 bridgehead atoms. The molecule has 0 heterocycles. The smallest absolute Gasteiger partial charge is 0.306 e. The van der Waals surface area contributed by atoms with Gasteiger partial charge in [0.1, 0.15) is 13.2 Å². The number of rotatable bonds is 44. The monoisotopic (exact) mass is 849 g/mol. The Bertz CT molecular complexity index is 1200. The average Bonchev–Trinajstić information content (AvgIpc) is 3.26. The van der Waals surface area contributed by atoms with E-state index in [0.717, 1.165) is 89.9 Å². The van der Waals surface area contributed by atoms with Gasteiger partial charge in [0, 0.05) is 19.3 Å². The zero-order chi connectivity index (χ0) is 44.4. The van der Waals surface area contributed by atoms with Crippen LogP contribution in [0.3, 0.4) is 0 Å². The van der Waals surface area contributed by atoms with Gasteiger partial charge in [0.25, 0.3) is 0 Å². The second kappa shape index (κ2) is 49.2. The molecule has 61 heavy (non-hydrogen) atoms. The Morgan fingerprint density at radius 2 is 0.639 bits per heavy atom. The summed E-state index contributed by atoms with van der Waals surface area (Å²) < 4.78 is 16.6. The minimum atomic E-state index is -0.794. The number of hydrogen-bond donors (Lipinski definition) is 0. The van der Waals surface area contributed by atoms with Gasteiger partial charge in [-0.1, -0.05) is 221 Å². The van der Waals surface area contributed by atoms with Crippen LogP contribution in [0.5, 0.6) is 0 Å². The summed E-state index contributed by atoms with van der Waals surface area (Å²) in [4.78, 5) is 37.7. The van der Waals surface area contributed by atoms with E-state index < -0.39 is 6.10 Å². The highest BCUT2D eigenvalue weighted by atomic mass is 16.6. The molecule has 6 heteroatoms. The van der Waals surface area contributed by atoms with Crippen molar-refractivity contribution in [3.63, 3.8) is 0 Å². The van der Waals surface area contributed by atoms with Gasteiger partial charge < -0.3 is 14.2 Å². The molecule has 0 aliphatic rings. The predicted octanol–water partition coefficient (Wildman–Crippen LogP) is 16.4. The second-order valence-corrected chi connectivity index (χ2v) is 16.4. The summed E-state index contributed by atoms with van der Waals surface area (Å²) in [5.41, 5.74) is 0. The van der Waals surface area contributed by atoms with E-state index in [4.69, 9.17) is 14.2 Å². The van der Waals surface area contributed by atoms with Crippen LogP contribution in [0, 0.1) is 0 Å². The van der Waals surface area contributed by atoms with E-state index in [9.17, 15) is 14.4 Å². The van der Waals surface area contributed by atoms with Crippen LogP contribution >= 0.6 is 0 Å². The van der Waals surface area contributed by atoms with Crippen LogP contribution < -0.4 is 0 Å². The van der Waals surface area contributed by atoms with Crippen molar-refractivity contribution >= 4 is 17.9 Å². The molecule has 0 saturated heterocycles. The second-order valence-electron chi connectivity index (χ2n) is 16.4. The highest BCUT2D eigenvalue weighted by molar-refractivity contribution is 5.71. The number of carbonyl (C=O) groups excluding carboxylic acids is 3. The summed E-state index contributed by atoms with van der Waals surface area (Å²) in [6.07, 6.45) is 63.1. The normalized spacial score (nSPS) is 12.8. The number of allylic oxidation sites excluding steroid dienone is 14. The third-order valence-corrected chi connectivity index (χ3v) is 10.4. The molecule has 1 atom stereocenters. The molecule has 348 valence electrons. The average molecular weight is 849 g/mol. The standard InChI is InChI=1S/C55H92O6/c1-4-7-10-13-16-18-20-22-24-25-26-27-28-29-30-31-32-34-35-37-39-42-45-48-54(57)60-51-52(50-59-53(56)47-44-41-15-12-9-6-3)61-55(58)49-46-43-40-38-36-33-23-21-19-17-14-11-8-5-2/h7,10,16,18,22,24,26-27,29-30,32,34,37,39,52H,4-6,8-9,11-15,17,19-21,23,25,28,31,33,35-36,38,40-51H2,1-3H3/b10-7-,18-16-,24-22-,27-26-,30-29-,34-32-,39-37-. The first-order chi connectivity index (χ1) is 30.0. The highest BCUT2D eigenvalue weighted by Crippen LogP contribution is 2.14. The first-order valence-corrected chi connectivity index (χ1v) is 25.1. The fourth-order valence-corrected chi connectivity index (χ4v) is 6.67. The molecule has 0 spiro atoms. The molecular weight excluding hydrogens is 757 g/mol. The van der Waals surface area contributed by atoms with Gasteiger partial charge in [0.15, 0.2) is 6.10 Å². The maximum atomic E-state index is 12.7. The predicted molar refractivity (Wildman–Crippen MR) is 261 cm³/mol. The zero-order valence-corrected chi connectivity index (χ0v) is 39.7. The zero-order valence-electron chi connectivity index (χ0n) is 39.7. The first kappa shape index (κ1) is 57.6. The van der Waals surface area contributed by atoms with Crippen molar-refractivity contribution in [2.24, 2.45) is 0 Å². The van der Waals surface area contributed by atoms with Gasteiger partial charge >= 0.3 is 17.9 Å². The van der Waals surface area contributed by atoms with Gasteiger partial charge in [-0.3, -0.25) is 14.4 Å². The Morgan fingerprint density at radius 1 is 0.344 bits per heavy atom. The van der Waals surface area contributed by atoms with Crippen LogP contribution in [0.15, 0.2) is 85.1 Å². The molecule has 0 aromatic heterocycles. The third kappa shape index (κ3) is 47.5. The third-order valence-electron chi connectivity index (χ3n) is 10.4. The minimum Gasteiger partial charge on any atom is -0.462 e. The molecule has 0 radical (unpaired) electrons. The van der Waals surface area contributed by atoms with E-state index in [1.165, 1.54) is 89.9 Å². The Labute approximate surface area is 375 Å². The minimum absolute atomic E-state index is 0.0935. The number of ether oxygens (including phenoxy) is 3. The number of carbonyl (C=O) groups is 3. The van der Waals surface area contributed by atoms with Gasteiger partial charge in [-0.2, -0.15) is 0 Å². The Balaban J connectivity index is 4.32. The van der Waals surface area contributed by atoms with Crippen LogP contribution in [-0.4, -0.2) is 37.2 Å². The van der Waals surface area contributed by atoms with Crippen molar-refractivity contribution in [1.29, 1.82) is 0 Å². The molecule has 0 N–H and O–H groups in total. The van der Waals surface area contributed by atoms with Gasteiger partial charge in [-0.15, -0.1) is 0 Å². The van der Waals surface area contributed by atoms with Crippen molar-refractivity contribution in [3.05, 3.63) is 85.1 Å². The fourth-order valence-electron chi connectivity index (χ4n) is 6.67. The number of esters is 3. The van der Waals surface area contributed by atoms with Crippen molar-refractivity contribution < 1.29 is 28.6 Å². The summed E-state index contributed by atoms with van der Waals surface area (Å²) in [7, 11) is 0. The molecule has 0 amide bonds. The Kier molecular flexibility index (Phi) is 46.5. The molecule has 0 aromatic rings. The maximum absolute atomic E-state index is 12.7. The largest absolute Gasteiger partial charge is 0.462 e. The topological polar surface area (TPSA) is 78.9 Å². The lowest BCUT2D eigenvalue weighted by atomic mass is 10.0. The van der Waals surface area contributed by atoms with Gasteiger partial charge in [-0.25, -0.2) is 0 Å². The lowest BCUT2D eigenvalue weighted by Gasteiger charge is -2.18. The van der Waals surface area contributed by atoms with Crippen molar-refractivity contribution in [3.8, 4) is 0 Å². The van der Waals surface area contributed by atoms with Gasteiger partial charge in [-0.05, 0) is 70.6 Å². The fraction of sp³-hybridized carbons (Fsp3) is 0.691. The molecule has 0 rings (SSSR count). The van der Waals surface area contributed by atoms with Crippen molar-refractivity contribution in [2.45, 2.75) is 232 Å². The van der Waals surface area contributed by atoms with E-state index in [-0.39, 0.29) is 37.5 Å².